The van der Waals surface area contributed by atoms with Gasteiger partial charge in [0.1, 0.15) is 23.1 Å². The van der Waals surface area contributed by atoms with Crippen LogP contribution >= 0.6 is 0 Å². The van der Waals surface area contributed by atoms with Gasteiger partial charge in [-0.25, -0.2) is 23.1 Å². The van der Waals surface area contributed by atoms with Crippen molar-refractivity contribution >= 4 is 16.9 Å². The fourth-order valence-corrected chi connectivity index (χ4v) is 4.06. The van der Waals surface area contributed by atoms with E-state index in [0.29, 0.717) is 40.9 Å². The maximum atomic E-state index is 14.7. The Balaban J connectivity index is 1.63. The molecule has 172 valence electrons. The smallest absolute Gasteiger partial charge is 0.254 e. The van der Waals surface area contributed by atoms with E-state index in [4.69, 9.17) is 0 Å². The Hall–Kier alpha value is -3.78. The maximum absolute atomic E-state index is 14.7. The Bertz CT molecular complexity index is 1380. The number of piperazine rings is 1. The summed E-state index contributed by atoms with van der Waals surface area (Å²) in [4.78, 5) is 26.3. The number of hydrogen-bond donors (Lipinski definition) is 0. The maximum Gasteiger partial charge on any atom is 0.254 e. The van der Waals surface area contributed by atoms with E-state index in [2.05, 4.69) is 14.9 Å². The topological polar surface area (TPSA) is 49.3 Å². The van der Waals surface area contributed by atoms with Crippen molar-refractivity contribution in [3.63, 3.8) is 0 Å². The second-order valence-electron chi connectivity index (χ2n) is 8.35. The van der Waals surface area contributed by atoms with Crippen LogP contribution in [0.15, 0.2) is 60.7 Å². The summed E-state index contributed by atoms with van der Waals surface area (Å²) < 4.78 is 41.8. The first-order valence-corrected chi connectivity index (χ1v) is 10.9. The van der Waals surface area contributed by atoms with Gasteiger partial charge in [0.2, 0.25) is 0 Å². The summed E-state index contributed by atoms with van der Waals surface area (Å²) in [6.45, 7) is 2.87. The summed E-state index contributed by atoms with van der Waals surface area (Å²) in [5.41, 5.74) is 2.48. The third-order valence-corrected chi connectivity index (χ3v) is 6.01. The molecule has 0 spiro atoms. The number of rotatable bonds is 3. The third kappa shape index (κ3) is 4.24. The van der Waals surface area contributed by atoms with Crippen molar-refractivity contribution in [2.75, 3.05) is 33.2 Å². The van der Waals surface area contributed by atoms with E-state index in [1.807, 2.05) is 7.05 Å². The van der Waals surface area contributed by atoms with Gasteiger partial charge in [-0.05, 0) is 61.6 Å². The number of amides is 1. The monoisotopic (exact) mass is 462 g/mol. The molecule has 2 heterocycles. The molecule has 1 aromatic heterocycles. The highest BCUT2D eigenvalue weighted by atomic mass is 19.1. The van der Waals surface area contributed by atoms with E-state index >= 15 is 0 Å². The first-order valence-electron chi connectivity index (χ1n) is 10.9. The lowest BCUT2D eigenvalue weighted by molar-refractivity contribution is 0.0664. The average molecular weight is 462 g/mol. The molecule has 3 aromatic carbocycles. The molecule has 1 aliphatic heterocycles. The first-order chi connectivity index (χ1) is 16.4. The molecule has 1 fully saturated rings. The van der Waals surface area contributed by atoms with Crippen molar-refractivity contribution in [1.82, 2.24) is 19.8 Å². The van der Waals surface area contributed by atoms with Gasteiger partial charge >= 0.3 is 0 Å². The number of halogens is 3. The fraction of sp³-hybridized carbons (Fsp3) is 0.192. The highest BCUT2D eigenvalue weighted by Gasteiger charge is 2.22. The Morgan fingerprint density at radius 3 is 2.15 bits per heavy atom. The zero-order valence-corrected chi connectivity index (χ0v) is 18.4. The number of benzene rings is 3. The first kappa shape index (κ1) is 22.0. The zero-order valence-electron chi connectivity index (χ0n) is 18.4. The van der Waals surface area contributed by atoms with Crippen LogP contribution in [0, 0.1) is 17.5 Å². The van der Waals surface area contributed by atoms with Gasteiger partial charge in [0, 0.05) is 48.9 Å². The predicted octanol–water partition coefficient (Wildman–Crippen LogP) is 4.77. The number of hydrogen-bond acceptors (Lipinski definition) is 4. The molecule has 0 unspecified atom stereocenters. The SMILES string of the molecule is CN1CCN(C(=O)c2ccc3nc(-c4ccc(F)cc4)c(-c4ccc(F)cc4F)nc3c2)CC1. The van der Waals surface area contributed by atoms with Crippen molar-refractivity contribution < 1.29 is 18.0 Å². The van der Waals surface area contributed by atoms with Crippen LogP contribution in [-0.2, 0) is 0 Å². The van der Waals surface area contributed by atoms with Gasteiger partial charge in [0.15, 0.2) is 0 Å². The molecule has 0 saturated carbocycles. The van der Waals surface area contributed by atoms with E-state index in [0.717, 1.165) is 25.2 Å². The lowest BCUT2D eigenvalue weighted by atomic mass is 10.0. The van der Waals surface area contributed by atoms with Gasteiger partial charge in [0.05, 0.1) is 16.7 Å². The van der Waals surface area contributed by atoms with Crippen LogP contribution in [-0.4, -0.2) is 58.9 Å². The Morgan fingerprint density at radius 1 is 0.765 bits per heavy atom. The molecule has 8 heteroatoms. The van der Waals surface area contributed by atoms with Crippen molar-refractivity contribution in [2.45, 2.75) is 0 Å². The third-order valence-electron chi connectivity index (χ3n) is 6.01. The van der Waals surface area contributed by atoms with Crippen molar-refractivity contribution in [3.8, 4) is 22.5 Å². The van der Waals surface area contributed by atoms with Gasteiger partial charge in [-0.3, -0.25) is 4.79 Å². The van der Waals surface area contributed by atoms with Gasteiger partial charge in [-0.15, -0.1) is 0 Å². The molecule has 0 bridgehead atoms. The van der Waals surface area contributed by atoms with E-state index in [9.17, 15) is 18.0 Å². The molecule has 0 aliphatic carbocycles. The Labute approximate surface area is 194 Å². The van der Waals surface area contributed by atoms with Crippen LogP contribution in [0.4, 0.5) is 13.2 Å². The van der Waals surface area contributed by atoms with E-state index in [-0.39, 0.29) is 17.2 Å². The number of carbonyl (C=O) groups excluding carboxylic acids is 1. The Morgan fingerprint density at radius 2 is 1.44 bits per heavy atom. The molecule has 1 amide bonds. The molecule has 0 atom stereocenters. The molecule has 0 N–H and O–H groups in total. The highest BCUT2D eigenvalue weighted by molar-refractivity contribution is 5.98. The van der Waals surface area contributed by atoms with E-state index in [1.165, 1.54) is 30.3 Å². The lowest BCUT2D eigenvalue weighted by Crippen LogP contribution is -2.47. The second-order valence-corrected chi connectivity index (χ2v) is 8.35. The van der Waals surface area contributed by atoms with Crippen LogP contribution in [0.3, 0.4) is 0 Å². The number of fused-ring (bicyclic) bond motifs is 1. The van der Waals surface area contributed by atoms with E-state index < -0.39 is 17.5 Å². The van der Waals surface area contributed by atoms with Crippen molar-refractivity contribution in [1.29, 1.82) is 0 Å². The molecular weight excluding hydrogens is 441 g/mol. The number of aromatic nitrogens is 2. The van der Waals surface area contributed by atoms with Crippen LogP contribution in [0.25, 0.3) is 33.5 Å². The molecular formula is C26H21F3N4O. The average Bonchev–Trinajstić information content (AvgIpc) is 2.83. The Kier molecular flexibility index (Phi) is 5.75. The van der Waals surface area contributed by atoms with Crippen molar-refractivity contribution in [3.05, 3.63) is 83.7 Å². The van der Waals surface area contributed by atoms with Gasteiger partial charge in [0.25, 0.3) is 5.91 Å². The molecule has 1 saturated heterocycles. The largest absolute Gasteiger partial charge is 0.336 e. The lowest BCUT2D eigenvalue weighted by Gasteiger charge is -2.32. The van der Waals surface area contributed by atoms with Crippen molar-refractivity contribution in [2.24, 2.45) is 0 Å². The minimum absolute atomic E-state index is 0.0610. The predicted molar refractivity (Wildman–Crippen MR) is 124 cm³/mol. The van der Waals surface area contributed by atoms with Crippen LogP contribution in [0.2, 0.25) is 0 Å². The molecule has 5 nitrogen and oxygen atoms in total. The fourth-order valence-electron chi connectivity index (χ4n) is 4.06. The summed E-state index contributed by atoms with van der Waals surface area (Å²) in [5, 5.41) is 0. The van der Waals surface area contributed by atoms with E-state index in [1.54, 1.807) is 23.1 Å². The summed E-state index contributed by atoms with van der Waals surface area (Å²) in [6, 6.07) is 13.9. The summed E-state index contributed by atoms with van der Waals surface area (Å²) in [5.74, 6) is -2.02. The zero-order chi connectivity index (χ0) is 23.8. The quantitative estimate of drug-likeness (QED) is 0.440. The minimum Gasteiger partial charge on any atom is -0.336 e. The second kappa shape index (κ2) is 8.87. The molecule has 1 aliphatic rings. The van der Waals surface area contributed by atoms with Crippen LogP contribution in [0.5, 0.6) is 0 Å². The number of likely N-dealkylation sites (N-methyl/N-ethyl adjacent to an activating group) is 1. The summed E-state index contributed by atoms with van der Waals surface area (Å²) in [6.07, 6.45) is 0. The number of nitrogens with zero attached hydrogens (tertiary/aromatic N) is 4. The molecule has 5 rings (SSSR count). The molecule has 4 aromatic rings. The highest BCUT2D eigenvalue weighted by Crippen LogP contribution is 2.33. The minimum atomic E-state index is -0.790. The van der Waals surface area contributed by atoms with Gasteiger partial charge in [-0.1, -0.05) is 0 Å². The van der Waals surface area contributed by atoms with Gasteiger partial charge < -0.3 is 9.80 Å². The normalized spacial score (nSPS) is 14.5. The van der Waals surface area contributed by atoms with Crippen LogP contribution in [0.1, 0.15) is 10.4 Å². The molecule has 0 radical (unpaired) electrons. The van der Waals surface area contributed by atoms with Gasteiger partial charge in [-0.2, -0.15) is 0 Å². The summed E-state index contributed by atoms with van der Waals surface area (Å²) >= 11 is 0. The standard InChI is InChI=1S/C26H21F3N4O/c1-32-10-12-33(13-11-32)26(34)17-4-9-22-23(14-17)31-25(20-8-7-19(28)15-21(20)29)24(30-22)16-2-5-18(27)6-3-16/h2-9,14-15H,10-13H2,1H3. The summed E-state index contributed by atoms with van der Waals surface area (Å²) in [7, 11) is 2.02. The molecule has 34 heavy (non-hydrogen) atoms. The van der Waals surface area contributed by atoms with Crippen LogP contribution < -0.4 is 0 Å². The number of carbonyl (C=O) groups is 1.